The number of aromatic nitrogens is 4. The molecule has 1 amide bonds. The zero-order valence-electron chi connectivity index (χ0n) is 17.3. The number of H-pyrrole nitrogens is 1. The molecule has 3 heterocycles. The average molecular weight is 451 g/mol. The third-order valence-electron chi connectivity index (χ3n) is 5.91. The minimum Gasteiger partial charge on any atom is -0.339 e. The first-order valence-electron chi connectivity index (χ1n) is 10.5. The van der Waals surface area contributed by atoms with E-state index in [0.717, 1.165) is 53.1 Å². The maximum atomic E-state index is 12.8. The van der Waals surface area contributed by atoms with Gasteiger partial charge in [0.2, 0.25) is 5.91 Å². The van der Waals surface area contributed by atoms with Crippen molar-refractivity contribution in [3.63, 3.8) is 0 Å². The summed E-state index contributed by atoms with van der Waals surface area (Å²) in [5.74, 6) is 1.72. The number of carbonyl (C=O) groups is 1. The average Bonchev–Trinajstić information content (AvgIpc) is 3.38. The lowest BCUT2D eigenvalue weighted by Crippen LogP contribution is -2.37. The highest BCUT2D eigenvalue weighted by Crippen LogP contribution is 2.34. The molecule has 0 bridgehead atoms. The lowest BCUT2D eigenvalue weighted by molar-refractivity contribution is -0.215. The van der Waals surface area contributed by atoms with Crippen molar-refractivity contribution in [2.45, 2.75) is 25.2 Å². The Balaban J connectivity index is 1.33. The van der Waals surface area contributed by atoms with Gasteiger partial charge in [-0.2, -0.15) is 4.89 Å². The number of aromatic amines is 1. The monoisotopic (exact) mass is 450 g/mol. The van der Waals surface area contributed by atoms with E-state index < -0.39 is 0 Å². The van der Waals surface area contributed by atoms with E-state index in [1.807, 2.05) is 23.1 Å². The van der Waals surface area contributed by atoms with Gasteiger partial charge >= 0.3 is 0 Å². The fourth-order valence-corrected chi connectivity index (χ4v) is 4.38. The summed E-state index contributed by atoms with van der Waals surface area (Å²) in [7, 11) is 0. The molecule has 2 aliphatic heterocycles. The molecule has 0 unspecified atom stereocenters. The lowest BCUT2D eigenvalue weighted by atomic mass is 9.95. The van der Waals surface area contributed by atoms with Crippen LogP contribution >= 0.6 is 11.6 Å². The molecule has 1 N–H and O–H groups in total. The molecule has 8 nitrogen and oxygen atoms in total. The highest BCUT2D eigenvalue weighted by molar-refractivity contribution is 6.32. The van der Waals surface area contributed by atoms with Crippen LogP contribution in [0.4, 0.5) is 0 Å². The van der Waals surface area contributed by atoms with Crippen LogP contribution < -0.4 is 4.89 Å². The van der Waals surface area contributed by atoms with E-state index in [-0.39, 0.29) is 11.8 Å². The van der Waals surface area contributed by atoms with Crippen molar-refractivity contribution in [2.24, 2.45) is 0 Å². The van der Waals surface area contributed by atoms with Crippen molar-refractivity contribution in [3.05, 3.63) is 64.4 Å². The topological polar surface area (TPSA) is 93.2 Å². The number of carbonyl (C=O) groups excluding carboxylic acids is 1. The largest absolute Gasteiger partial charge is 0.339 e. The molecule has 0 saturated carbocycles. The van der Waals surface area contributed by atoms with Crippen LogP contribution in [0.5, 0.6) is 5.75 Å². The second kappa shape index (κ2) is 9.10. The molecular formula is C23H21ClN5O3. The number of hydrogen-bond acceptors (Lipinski definition) is 6. The smallest absolute Gasteiger partial charge is 0.246 e. The second-order valence-corrected chi connectivity index (χ2v) is 8.19. The predicted molar refractivity (Wildman–Crippen MR) is 118 cm³/mol. The molecule has 3 aromatic rings. The van der Waals surface area contributed by atoms with Crippen molar-refractivity contribution < 1.29 is 14.6 Å². The third kappa shape index (κ3) is 4.24. The summed E-state index contributed by atoms with van der Waals surface area (Å²) in [6.07, 6.45) is 5.79. The normalized spacial score (nSPS) is 16.7. The van der Waals surface area contributed by atoms with Crippen LogP contribution in [-0.4, -0.2) is 51.1 Å². The Bertz CT molecular complexity index is 1140. The molecule has 2 aromatic carbocycles. The summed E-state index contributed by atoms with van der Waals surface area (Å²) in [5, 5.41) is 14.6. The molecule has 9 heteroatoms. The van der Waals surface area contributed by atoms with Crippen molar-refractivity contribution in [1.82, 2.24) is 25.5 Å². The molecule has 1 saturated heterocycles. The Kier molecular flexibility index (Phi) is 5.87. The highest BCUT2D eigenvalue weighted by Gasteiger charge is 2.25. The number of piperidine rings is 1. The Morgan fingerprint density at radius 2 is 2.16 bits per heavy atom. The Morgan fingerprint density at radius 3 is 2.97 bits per heavy atom. The number of halogens is 1. The highest BCUT2D eigenvalue weighted by atomic mass is 35.5. The van der Waals surface area contributed by atoms with Crippen LogP contribution in [0.2, 0.25) is 5.02 Å². The van der Waals surface area contributed by atoms with Gasteiger partial charge in [0, 0.05) is 48.7 Å². The molecule has 0 atom stereocenters. The molecular weight excluding hydrogens is 430 g/mol. The lowest BCUT2D eigenvalue weighted by Gasteiger charge is -2.30. The maximum absolute atomic E-state index is 12.8. The van der Waals surface area contributed by atoms with Gasteiger partial charge in [-0.3, -0.25) is 4.79 Å². The van der Waals surface area contributed by atoms with Gasteiger partial charge in [0.15, 0.2) is 11.6 Å². The van der Waals surface area contributed by atoms with Crippen LogP contribution in [0, 0.1) is 6.07 Å². The fraction of sp³-hybridized carbons (Fsp3) is 0.304. The number of tetrazole rings is 1. The molecule has 32 heavy (non-hydrogen) atoms. The van der Waals surface area contributed by atoms with E-state index in [1.165, 1.54) is 0 Å². The van der Waals surface area contributed by atoms with Crippen LogP contribution in [0.1, 0.15) is 35.7 Å². The number of benzene rings is 2. The zero-order valence-corrected chi connectivity index (χ0v) is 18.0. The van der Waals surface area contributed by atoms with Crippen molar-refractivity contribution >= 4 is 23.6 Å². The molecule has 1 radical (unpaired) electrons. The van der Waals surface area contributed by atoms with E-state index in [4.69, 9.17) is 21.4 Å². The van der Waals surface area contributed by atoms with Crippen LogP contribution in [-0.2, 0) is 16.1 Å². The number of nitrogens with zero attached hydrogens (tertiary/aromatic N) is 4. The van der Waals surface area contributed by atoms with Gasteiger partial charge < -0.3 is 9.79 Å². The first-order valence-corrected chi connectivity index (χ1v) is 10.9. The van der Waals surface area contributed by atoms with Gasteiger partial charge in [0.05, 0.1) is 11.6 Å². The first kappa shape index (κ1) is 20.7. The van der Waals surface area contributed by atoms with Gasteiger partial charge in [-0.1, -0.05) is 29.8 Å². The Labute approximate surface area is 190 Å². The summed E-state index contributed by atoms with van der Waals surface area (Å²) in [6, 6.07) is 12.7. The van der Waals surface area contributed by atoms with Gasteiger partial charge in [0.1, 0.15) is 0 Å². The minimum atomic E-state index is -0.0407. The van der Waals surface area contributed by atoms with E-state index in [9.17, 15) is 4.79 Å². The molecule has 2 aliphatic rings. The van der Waals surface area contributed by atoms with Crippen molar-refractivity contribution in [1.29, 1.82) is 0 Å². The van der Waals surface area contributed by atoms with Gasteiger partial charge in [0.25, 0.3) is 0 Å². The molecule has 1 fully saturated rings. The summed E-state index contributed by atoms with van der Waals surface area (Å²) in [5.41, 5.74) is 3.77. The number of amides is 1. The van der Waals surface area contributed by atoms with Gasteiger partial charge in [-0.05, 0) is 52.6 Å². The van der Waals surface area contributed by atoms with E-state index in [0.29, 0.717) is 24.7 Å². The molecule has 0 spiro atoms. The van der Waals surface area contributed by atoms with Crippen molar-refractivity contribution in [2.75, 3.05) is 19.7 Å². The summed E-state index contributed by atoms with van der Waals surface area (Å²) < 4.78 is 0. The summed E-state index contributed by atoms with van der Waals surface area (Å²) in [4.78, 5) is 24.9. The minimum absolute atomic E-state index is 0.0407. The third-order valence-corrected chi connectivity index (χ3v) is 6.22. The number of likely N-dealkylation sites (tertiary alicyclic amines) is 1. The SMILES string of the molecule is O=C(/C=C/c1c(Cl)[c]ccc1-c1ccc2c(c1)CCOO2)N1CCC(c2nnn[nH]2)CC1. The van der Waals surface area contributed by atoms with E-state index in [1.54, 1.807) is 18.2 Å². The van der Waals surface area contributed by atoms with Gasteiger partial charge in [-0.25, -0.2) is 5.10 Å². The number of rotatable bonds is 4. The molecule has 1 aromatic heterocycles. The fourth-order valence-electron chi connectivity index (χ4n) is 4.15. The van der Waals surface area contributed by atoms with E-state index in [2.05, 4.69) is 32.8 Å². The second-order valence-electron chi connectivity index (χ2n) is 7.82. The quantitative estimate of drug-likeness (QED) is 0.482. The zero-order chi connectivity index (χ0) is 21.9. The van der Waals surface area contributed by atoms with Crippen LogP contribution in [0.15, 0.2) is 36.4 Å². The Morgan fingerprint density at radius 1 is 1.28 bits per heavy atom. The van der Waals surface area contributed by atoms with Crippen LogP contribution in [0.25, 0.3) is 17.2 Å². The van der Waals surface area contributed by atoms with Gasteiger partial charge in [-0.15, -0.1) is 5.10 Å². The maximum Gasteiger partial charge on any atom is 0.246 e. The summed E-state index contributed by atoms with van der Waals surface area (Å²) in [6.45, 7) is 1.83. The standard InChI is InChI=1S/C23H21ClN5O3/c24-20-3-1-2-18(16-4-6-21-17(14-16)10-13-31-32-21)19(20)5-7-22(30)29-11-8-15(9-12-29)23-25-27-28-26-23/h1-2,4-7,14-15H,8-13H2,(H,25,26,27,28)/b7-5+. The molecule has 0 aliphatic carbocycles. The predicted octanol–water partition coefficient (Wildman–Crippen LogP) is 3.61. The summed E-state index contributed by atoms with van der Waals surface area (Å²) >= 11 is 6.47. The number of nitrogens with one attached hydrogen (secondary N) is 1. The molecule has 5 rings (SSSR count). The first-order chi connectivity index (χ1) is 15.7. The van der Waals surface area contributed by atoms with Crippen LogP contribution in [0.3, 0.4) is 0 Å². The Hall–Kier alpha value is -3.23. The number of fused-ring (bicyclic) bond motifs is 1. The van der Waals surface area contributed by atoms with Crippen molar-refractivity contribution in [3.8, 4) is 16.9 Å². The molecule has 163 valence electrons. The number of hydrogen-bond donors (Lipinski definition) is 1. The van der Waals surface area contributed by atoms with E-state index >= 15 is 0 Å².